The number of ether oxygens (including phenoxy) is 3. The molecule has 0 unspecified atom stereocenters. The van der Waals surface area contributed by atoms with Gasteiger partial charge in [-0.15, -0.1) is 0 Å². The van der Waals surface area contributed by atoms with Crippen LogP contribution in [0, 0.1) is 46.3 Å². The fourth-order valence-electron chi connectivity index (χ4n) is 9.42. The van der Waals surface area contributed by atoms with Crippen LogP contribution in [0.4, 0.5) is 0 Å². The van der Waals surface area contributed by atoms with Gasteiger partial charge in [0.15, 0.2) is 0 Å². The Balaban J connectivity index is 1.62. The summed E-state index contributed by atoms with van der Waals surface area (Å²) in [4.78, 5) is 35.7. The number of esters is 3. The van der Waals surface area contributed by atoms with Gasteiger partial charge in [0.1, 0.15) is 12.2 Å². The molecule has 1 N–H and O–H groups in total. The average molecular weight is 507 g/mol. The van der Waals surface area contributed by atoms with Gasteiger partial charge in [0.25, 0.3) is 0 Å². The Morgan fingerprint density at radius 1 is 0.972 bits per heavy atom. The molecule has 4 rings (SSSR count). The number of aliphatic hydroxyl groups is 1. The third-order valence-corrected chi connectivity index (χ3v) is 11.2. The highest BCUT2D eigenvalue weighted by molar-refractivity contribution is 5.69. The molecule has 7 heteroatoms. The lowest BCUT2D eigenvalue weighted by molar-refractivity contribution is -0.218. The first-order valence-electron chi connectivity index (χ1n) is 14.0. The molecule has 0 bridgehead atoms. The minimum Gasteiger partial charge on any atom is -0.469 e. The molecule has 4 saturated carbocycles. The van der Waals surface area contributed by atoms with Gasteiger partial charge in [-0.05, 0) is 91.8 Å². The molecule has 0 saturated heterocycles. The number of carbonyl (C=O) groups excluding carboxylic acids is 3. The minimum atomic E-state index is -0.434. The lowest BCUT2D eigenvalue weighted by Crippen LogP contribution is -2.63. The highest BCUT2D eigenvalue weighted by Gasteiger charge is 2.66. The number of aliphatic hydroxyl groups excluding tert-OH is 1. The van der Waals surface area contributed by atoms with Crippen molar-refractivity contribution >= 4 is 17.9 Å². The molecule has 0 spiro atoms. The van der Waals surface area contributed by atoms with E-state index in [0.717, 1.165) is 44.9 Å². The molecule has 0 aromatic heterocycles. The van der Waals surface area contributed by atoms with E-state index in [2.05, 4.69) is 20.8 Å². The molecule has 36 heavy (non-hydrogen) atoms. The van der Waals surface area contributed by atoms with E-state index in [0.29, 0.717) is 24.7 Å². The molecule has 0 aromatic rings. The summed E-state index contributed by atoms with van der Waals surface area (Å²) >= 11 is 0. The Hall–Kier alpha value is -1.63. The molecule has 7 nitrogen and oxygen atoms in total. The summed E-state index contributed by atoms with van der Waals surface area (Å²) in [6, 6.07) is 0. The molecule has 204 valence electrons. The zero-order valence-electron chi connectivity index (χ0n) is 23.0. The van der Waals surface area contributed by atoms with E-state index in [-0.39, 0.29) is 64.6 Å². The maximum absolute atomic E-state index is 12.2. The van der Waals surface area contributed by atoms with Crippen molar-refractivity contribution in [1.82, 2.24) is 0 Å². The van der Waals surface area contributed by atoms with Gasteiger partial charge in [-0.3, -0.25) is 14.4 Å². The summed E-state index contributed by atoms with van der Waals surface area (Å²) in [5, 5.41) is 11.8. The van der Waals surface area contributed by atoms with Crippen LogP contribution in [-0.2, 0) is 28.6 Å². The van der Waals surface area contributed by atoms with Crippen LogP contribution >= 0.6 is 0 Å². The second-order valence-electron chi connectivity index (χ2n) is 12.8. The molecule has 4 aliphatic rings. The Kier molecular flexibility index (Phi) is 7.81. The van der Waals surface area contributed by atoms with Crippen molar-refractivity contribution in [3.8, 4) is 0 Å². The first kappa shape index (κ1) is 27.4. The van der Waals surface area contributed by atoms with Crippen molar-refractivity contribution in [3.63, 3.8) is 0 Å². The summed E-state index contributed by atoms with van der Waals surface area (Å²) in [5.41, 5.74) is -0.248. The smallest absolute Gasteiger partial charge is 0.305 e. The van der Waals surface area contributed by atoms with Crippen LogP contribution in [0.25, 0.3) is 0 Å². The zero-order valence-corrected chi connectivity index (χ0v) is 23.0. The maximum Gasteiger partial charge on any atom is 0.305 e. The van der Waals surface area contributed by atoms with E-state index < -0.39 is 6.10 Å². The van der Waals surface area contributed by atoms with E-state index >= 15 is 0 Å². The Labute approximate surface area is 216 Å². The van der Waals surface area contributed by atoms with Gasteiger partial charge in [-0.2, -0.15) is 0 Å². The first-order chi connectivity index (χ1) is 16.9. The van der Waals surface area contributed by atoms with Crippen molar-refractivity contribution in [2.24, 2.45) is 46.3 Å². The monoisotopic (exact) mass is 506 g/mol. The molecular formula is C29H46O7. The third kappa shape index (κ3) is 4.69. The van der Waals surface area contributed by atoms with Crippen LogP contribution in [0.1, 0.15) is 92.4 Å². The summed E-state index contributed by atoms with van der Waals surface area (Å²) in [7, 11) is 1.43. The fourth-order valence-corrected chi connectivity index (χ4v) is 9.42. The highest BCUT2D eigenvalue weighted by atomic mass is 16.5. The SMILES string of the molecule is COC(=O)CC[C@@H](C)[C@H]1CC[C@H]2[C@@H]3[C@H](OC(C)=O)C[C@@H]4C[C@@H](OC(C)=O)CC[C@]4(C)[C@H]3C[C@H](O)[C@]12C. The largest absolute Gasteiger partial charge is 0.469 e. The van der Waals surface area contributed by atoms with E-state index in [1.807, 2.05) is 0 Å². The predicted octanol–water partition coefficient (Wildman–Crippen LogP) is 4.68. The Morgan fingerprint density at radius 3 is 2.31 bits per heavy atom. The van der Waals surface area contributed by atoms with Crippen LogP contribution in [0.3, 0.4) is 0 Å². The molecule has 0 radical (unpaired) electrons. The molecular weight excluding hydrogens is 460 g/mol. The van der Waals surface area contributed by atoms with Crippen LogP contribution < -0.4 is 0 Å². The fraction of sp³-hybridized carbons (Fsp3) is 0.897. The van der Waals surface area contributed by atoms with Gasteiger partial charge in [0.2, 0.25) is 0 Å². The van der Waals surface area contributed by atoms with E-state index in [9.17, 15) is 19.5 Å². The van der Waals surface area contributed by atoms with Gasteiger partial charge in [0.05, 0.1) is 13.2 Å². The number of rotatable bonds is 6. The second kappa shape index (κ2) is 10.3. The first-order valence-corrected chi connectivity index (χ1v) is 14.0. The van der Waals surface area contributed by atoms with Crippen molar-refractivity contribution in [2.45, 2.75) is 111 Å². The van der Waals surface area contributed by atoms with Gasteiger partial charge in [0, 0.05) is 26.2 Å². The molecule has 0 aliphatic heterocycles. The standard InChI is InChI=1S/C29H46O7/c1-16(7-10-26(33)34-6)21-8-9-22-27-23(15-25(32)29(21,22)5)28(4)12-11-20(35-17(2)30)13-19(28)14-24(27)36-18(3)31/h16,19-25,27,32H,7-15H2,1-6H3/t16-,19+,20+,21-,22+,23+,24-,25+,27+,28+,29-/m1/s1. The Bertz CT molecular complexity index is 857. The molecule has 0 amide bonds. The summed E-state index contributed by atoms with van der Waals surface area (Å²) in [6.07, 6.45) is 6.59. The number of hydrogen-bond donors (Lipinski definition) is 1. The van der Waals surface area contributed by atoms with E-state index in [1.54, 1.807) is 0 Å². The van der Waals surface area contributed by atoms with E-state index in [4.69, 9.17) is 14.2 Å². The maximum atomic E-state index is 12.2. The van der Waals surface area contributed by atoms with Gasteiger partial charge in [-0.1, -0.05) is 20.8 Å². The second-order valence-corrected chi connectivity index (χ2v) is 12.8. The molecule has 4 aliphatic carbocycles. The lowest BCUT2D eigenvalue weighted by atomic mass is 9.43. The molecule has 0 heterocycles. The Morgan fingerprint density at radius 2 is 1.67 bits per heavy atom. The van der Waals surface area contributed by atoms with Crippen LogP contribution in [-0.4, -0.2) is 48.4 Å². The number of methoxy groups -OCH3 is 1. The quantitative estimate of drug-likeness (QED) is 0.412. The number of fused-ring (bicyclic) bond motifs is 5. The summed E-state index contributed by atoms with van der Waals surface area (Å²) in [6.45, 7) is 9.78. The topological polar surface area (TPSA) is 99.1 Å². The van der Waals surface area contributed by atoms with Crippen molar-refractivity contribution in [2.75, 3.05) is 7.11 Å². The number of hydrogen-bond acceptors (Lipinski definition) is 7. The van der Waals surface area contributed by atoms with E-state index in [1.165, 1.54) is 21.0 Å². The molecule has 0 aromatic carbocycles. The number of carbonyl (C=O) groups is 3. The van der Waals surface area contributed by atoms with Gasteiger partial charge < -0.3 is 19.3 Å². The summed E-state index contributed by atoms with van der Waals surface area (Å²) < 4.78 is 16.5. The highest BCUT2D eigenvalue weighted by Crippen LogP contribution is 2.68. The minimum absolute atomic E-state index is 0.0227. The third-order valence-electron chi connectivity index (χ3n) is 11.2. The van der Waals surface area contributed by atoms with Crippen molar-refractivity contribution in [3.05, 3.63) is 0 Å². The predicted molar refractivity (Wildman–Crippen MR) is 134 cm³/mol. The normalized spacial score (nSPS) is 44.4. The van der Waals surface area contributed by atoms with Crippen LogP contribution in [0.5, 0.6) is 0 Å². The van der Waals surface area contributed by atoms with Crippen LogP contribution in [0.15, 0.2) is 0 Å². The van der Waals surface area contributed by atoms with Gasteiger partial charge in [-0.25, -0.2) is 0 Å². The van der Waals surface area contributed by atoms with Gasteiger partial charge >= 0.3 is 17.9 Å². The lowest BCUT2D eigenvalue weighted by Gasteiger charge is -2.64. The van der Waals surface area contributed by atoms with Crippen molar-refractivity contribution < 1.29 is 33.7 Å². The zero-order chi connectivity index (χ0) is 26.4. The summed E-state index contributed by atoms with van der Waals surface area (Å²) in [5.74, 6) is 0.965. The van der Waals surface area contributed by atoms with Crippen molar-refractivity contribution in [1.29, 1.82) is 0 Å². The molecule has 11 atom stereocenters. The van der Waals surface area contributed by atoms with Crippen LogP contribution in [0.2, 0.25) is 0 Å². The molecule has 4 fully saturated rings. The average Bonchev–Trinajstić information content (AvgIpc) is 3.16.